The maximum absolute atomic E-state index is 13.5. The van der Waals surface area contributed by atoms with E-state index in [9.17, 15) is 9.18 Å². The minimum atomic E-state index is -0.390. The summed E-state index contributed by atoms with van der Waals surface area (Å²) in [5.41, 5.74) is 0.678. The Morgan fingerprint density at radius 3 is 2.72 bits per heavy atom. The maximum Gasteiger partial charge on any atom is 0.258 e. The van der Waals surface area contributed by atoms with Crippen LogP contribution in [0.4, 0.5) is 4.39 Å². The fourth-order valence-electron chi connectivity index (χ4n) is 2.75. The van der Waals surface area contributed by atoms with Crippen LogP contribution in [0.5, 0.6) is 11.5 Å². The molecule has 4 rings (SSSR count). The van der Waals surface area contributed by atoms with Crippen molar-refractivity contribution < 1.29 is 13.9 Å². The van der Waals surface area contributed by atoms with Crippen LogP contribution in [0.3, 0.4) is 0 Å². The second-order valence-corrected chi connectivity index (χ2v) is 6.82. The molecule has 0 bridgehead atoms. The van der Waals surface area contributed by atoms with E-state index in [2.05, 4.69) is 25.5 Å². The second kappa shape index (κ2) is 7.87. The molecule has 9 nitrogen and oxygen atoms in total. The first kappa shape index (κ1) is 18.9. The molecule has 0 saturated carbocycles. The molecule has 4 aromatic rings. The molecule has 0 aliphatic carbocycles. The summed E-state index contributed by atoms with van der Waals surface area (Å²) in [5, 5.41) is 12.3. The first-order valence-electron chi connectivity index (χ1n) is 8.41. The van der Waals surface area contributed by atoms with Crippen LogP contribution in [0.2, 0.25) is 0 Å². The highest BCUT2D eigenvalue weighted by atomic mass is 32.2. The van der Waals surface area contributed by atoms with Crippen molar-refractivity contribution in [3.63, 3.8) is 0 Å². The van der Waals surface area contributed by atoms with Crippen LogP contribution in [0.15, 0.2) is 46.3 Å². The van der Waals surface area contributed by atoms with Crippen LogP contribution in [0, 0.1) is 5.82 Å². The number of nitrogens with zero attached hydrogens (tertiary/aromatic N) is 5. The third kappa shape index (κ3) is 3.76. The number of benzene rings is 2. The van der Waals surface area contributed by atoms with Gasteiger partial charge in [-0.15, -0.1) is 5.10 Å². The minimum Gasteiger partial charge on any atom is -0.493 e. The van der Waals surface area contributed by atoms with Crippen LogP contribution < -0.4 is 15.0 Å². The Hall–Kier alpha value is -3.47. The van der Waals surface area contributed by atoms with Gasteiger partial charge in [0.1, 0.15) is 11.6 Å². The standard InChI is InChI=1S/C18H15FN6O3S/c1-27-14-7-12-13(8-15(14)28-2)20-16(21-17(12)26)9-29-18-22-23-24-25(18)11-5-3-4-10(19)6-11/h3-8H,9H2,1-2H3,(H,20,21,26). The topological polar surface area (TPSA) is 108 Å². The summed E-state index contributed by atoms with van der Waals surface area (Å²) >= 11 is 1.26. The molecule has 0 radical (unpaired) electrons. The lowest BCUT2D eigenvalue weighted by atomic mass is 10.2. The molecule has 148 valence electrons. The number of fused-ring (bicyclic) bond motifs is 1. The zero-order valence-electron chi connectivity index (χ0n) is 15.4. The summed E-state index contributed by atoms with van der Waals surface area (Å²) < 4.78 is 25.4. The first-order valence-corrected chi connectivity index (χ1v) is 9.39. The fraction of sp³-hybridized carbons (Fsp3) is 0.167. The highest BCUT2D eigenvalue weighted by molar-refractivity contribution is 7.98. The Bertz CT molecular complexity index is 1240. The van der Waals surface area contributed by atoms with Crippen molar-refractivity contribution in [2.45, 2.75) is 10.9 Å². The summed E-state index contributed by atoms with van der Waals surface area (Å²) in [6.45, 7) is 0. The molecule has 0 aliphatic heterocycles. The fourth-order valence-corrected chi connectivity index (χ4v) is 3.52. The van der Waals surface area contributed by atoms with E-state index in [0.29, 0.717) is 44.8 Å². The number of hydrogen-bond acceptors (Lipinski definition) is 8. The SMILES string of the molecule is COc1cc2nc(CSc3nnnn3-c3cccc(F)c3)[nH]c(=O)c2cc1OC. The summed E-state index contributed by atoms with van der Waals surface area (Å²) in [7, 11) is 3.01. The van der Waals surface area contributed by atoms with E-state index in [-0.39, 0.29) is 11.4 Å². The number of thioether (sulfide) groups is 1. The summed E-state index contributed by atoms with van der Waals surface area (Å²) in [4.78, 5) is 19.7. The van der Waals surface area contributed by atoms with Gasteiger partial charge in [0.2, 0.25) is 5.16 Å². The number of hydrogen-bond donors (Lipinski definition) is 1. The Balaban J connectivity index is 1.63. The van der Waals surface area contributed by atoms with Crippen molar-refractivity contribution in [1.82, 2.24) is 30.2 Å². The number of halogens is 1. The van der Waals surface area contributed by atoms with E-state index in [4.69, 9.17) is 9.47 Å². The Morgan fingerprint density at radius 1 is 1.17 bits per heavy atom. The Kier molecular flexibility index (Phi) is 5.12. The predicted octanol–water partition coefficient (Wildman–Crippen LogP) is 2.35. The minimum absolute atomic E-state index is 0.295. The molecule has 2 aromatic heterocycles. The normalized spacial score (nSPS) is 11.0. The number of rotatable bonds is 6. The molecule has 2 heterocycles. The molecule has 2 aromatic carbocycles. The second-order valence-electron chi connectivity index (χ2n) is 5.88. The molecule has 0 spiro atoms. The zero-order chi connectivity index (χ0) is 20.4. The molecule has 0 amide bonds. The monoisotopic (exact) mass is 414 g/mol. The number of H-pyrrole nitrogens is 1. The first-order chi connectivity index (χ1) is 14.1. The van der Waals surface area contributed by atoms with Crippen LogP contribution in [0.25, 0.3) is 16.6 Å². The van der Waals surface area contributed by atoms with E-state index >= 15 is 0 Å². The Labute approximate surface area is 167 Å². The zero-order valence-corrected chi connectivity index (χ0v) is 16.2. The lowest BCUT2D eigenvalue weighted by Crippen LogP contribution is -2.12. The third-order valence-electron chi connectivity index (χ3n) is 4.09. The van der Waals surface area contributed by atoms with E-state index in [1.54, 1.807) is 24.3 Å². The lowest BCUT2D eigenvalue weighted by molar-refractivity contribution is 0.355. The van der Waals surface area contributed by atoms with E-state index in [1.165, 1.54) is 42.8 Å². The van der Waals surface area contributed by atoms with Gasteiger partial charge >= 0.3 is 0 Å². The highest BCUT2D eigenvalue weighted by Gasteiger charge is 2.14. The van der Waals surface area contributed by atoms with Crippen molar-refractivity contribution >= 4 is 22.7 Å². The predicted molar refractivity (Wildman–Crippen MR) is 104 cm³/mol. The van der Waals surface area contributed by atoms with Crippen molar-refractivity contribution in [2.24, 2.45) is 0 Å². The van der Waals surface area contributed by atoms with Crippen LogP contribution in [-0.2, 0) is 5.75 Å². The molecule has 0 atom stereocenters. The number of aromatic amines is 1. The largest absolute Gasteiger partial charge is 0.493 e. The number of nitrogens with one attached hydrogen (secondary N) is 1. The van der Waals surface area contributed by atoms with Gasteiger partial charge in [-0.05, 0) is 34.7 Å². The highest BCUT2D eigenvalue weighted by Crippen LogP contribution is 2.30. The third-order valence-corrected chi connectivity index (χ3v) is 5.02. The van der Waals surface area contributed by atoms with Gasteiger partial charge in [-0.2, -0.15) is 4.68 Å². The van der Waals surface area contributed by atoms with E-state index < -0.39 is 0 Å². The molecule has 11 heteroatoms. The lowest BCUT2D eigenvalue weighted by Gasteiger charge is -2.09. The van der Waals surface area contributed by atoms with Gasteiger partial charge in [-0.1, -0.05) is 17.8 Å². The van der Waals surface area contributed by atoms with Gasteiger partial charge in [-0.3, -0.25) is 4.79 Å². The van der Waals surface area contributed by atoms with Crippen molar-refractivity contribution in [3.05, 3.63) is 58.4 Å². The maximum atomic E-state index is 13.5. The molecule has 0 saturated heterocycles. The Morgan fingerprint density at radius 2 is 1.97 bits per heavy atom. The van der Waals surface area contributed by atoms with Crippen LogP contribution in [0.1, 0.15) is 5.82 Å². The molecular formula is C18H15FN6O3S. The molecule has 1 N–H and O–H groups in total. The molecule has 0 unspecified atom stereocenters. The molecule has 29 heavy (non-hydrogen) atoms. The van der Waals surface area contributed by atoms with Gasteiger partial charge in [-0.25, -0.2) is 9.37 Å². The van der Waals surface area contributed by atoms with E-state index in [1.807, 2.05) is 0 Å². The van der Waals surface area contributed by atoms with Gasteiger partial charge in [0.25, 0.3) is 5.56 Å². The molecule has 0 fully saturated rings. The molecular weight excluding hydrogens is 399 g/mol. The van der Waals surface area contributed by atoms with Crippen molar-refractivity contribution in [1.29, 1.82) is 0 Å². The van der Waals surface area contributed by atoms with Crippen LogP contribution >= 0.6 is 11.8 Å². The smallest absolute Gasteiger partial charge is 0.258 e. The van der Waals surface area contributed by atoms with Gasteiger partial charge in [0.15, 0.2) is 11.5 Å². The summed E-state index contributed by atoms with van der Waals surface area (Å²) in [5.74, 6) is 1.28. The number of tetrazole rings is 1. The average Bonchev–Trinajstić information content (AvgIpc) is 3.20. The number of ether oxygens (including phenoxy) is 2. The van der Waals surface area contributed by atoms with Gasteiger partial charge in [0, 0.05) is 6.07 Å². The van der Waals surface area contributed by atoms with E-state index in [0.717, 1.165) is 0 Å². The average molecular weight is 414 g/mol. The van der Waals surface area contributed by atoms with Gasteiger partial charge in [0.05, 0.1) is 36.6 Å². The number of aromatic nitrogens is 6. The summed E-state index contributed by atoms with van der Waals surface area (Å²) in [6.07, 6.45) is 0. The summed E-state index contributed by atoms with van der Waals surface area (Å²) in [6, 6.07) is 9.17. The molecule has 0 aliphatic rings. The van der Waals surface area contributed by atoms with Crippen LogP contribution in [-0.4, -0.2) is 44.4 Å². The number of methoxy groups -OCH3 is 2. The van der Waals surface area contributed by atoms with Crippen molar-refractivity contribution in [3.8, 4) is 17.2 Å². The van der Waals surface area contributed by atoms with Crippen molar-refractivity contribution in [2.75, 3.05) is 14.2 Å². The quantitative estimate of drug-likeness (QED) is 0.479. The van der Waals surface area contributed by atoms with Gasteiger partial charge < -0.3 is 14.5 Å².